The number of hydrogen-bond donors (Lipinski definition) is 2. The van der Waals surface area contributed by atoms with Crippen molar-refractivity contribution in [2.24, 2.45) is 0 Å². The van der Waals surface area contributed by atoms with Crippen LogP contribution in [0.15, 0.2) is 58.2 Å². The van der Waals surface area contributed by atoms with Crippen LogP contribution in [0.2, 0.25) is 0 Å². The lowest BCUT2D eigenvalue weighted by atomic mass is 10.1. The van der Waals surface area contributed by atoms with Gasteiger partial charge in [-0.3, -0.25) is 9.59 Å². The van der Waals surface area contributed by atoms with Gasteiger partial charge in [-0.15, -0.1) is 0 Å². The van der Waals surface area contributed by atoms with E-state index < -0.39 is 21.5 Å². The van der Waals surface area contributed by atoms with E-state index in [0.717, 1.165) is 0 Å². The number of pyridine rings is 1. The van der Waals surface area contributed by atoms with Crippen molar-refractivity contribution in [3.63, 3.8) is 0 Å². The number of aromatic nitrogens is 1. The van der Waals surface area contributed by atoms with Crippen LogP contribution < -0.4 is 15.8 Å². The van der Waals surface area contributed by atoms with Gasteiger partial charge in [0.1, 0.15) is 0 Å². The smallest absolute Gasteiger partial charge is 0.256 e. The lowest BCUT2D eigenvalue weighted by Crippen LogP contribution is -2.40. The Morgan fingerprint density at radius 3 is 2.50 bits per heavy atom. The number of carbonyl (C=O) groups excluding carboxylic acids is 1. The maximum atomic E-state index is 13.3. The molecule has 0 bridgehead atoms. The second kappa shape index (κ2) is 9.96. The number of morpholine rings is 1. The van der Waals surface area contributed by atoms with Crippen molar-refractivity contribution in [3.8, 4) is 0 Å². The number of nitrogens with zero attached hydrogens (tertiary/aromatic N) is 2. The summed E-state index contributed by atoms with van der Waals surface area (Å²) in [6.45, 7) is 6.55. The molecule has 1 aliphatic rings. The molecule has 0 saturated carbocycles. The van der Waals surface area contributed by atoms with Crippen molar-refractivity contribution in [1.29, 1.82) is 0 Å². The third-order valence-electron chi connectivity index (χ3n) is 5.92. The number of anilines is 2. The van der Waals surface area contributed by atoms with Gasteiger partial charge in [-0.1, -0.05) is 18.2 Å². The van der Waals surface area contributed by atoms with Crippen molar-refractivity contribution in [2.75, 3.05) is 49.6 Å². The summed E-state index contributed by atoms with van der Waals surface area (Å²) < 4.78 is 33.1. The summed E-state index contributed by atoms with van der Waals surface area (Å²) in [6.07, 6.45) is 0. The van der Waals surface area contributed by atoms with Crippen molar-refractivity contribution in [1.82, 2.24) is 9.29 Å². The number of para-hydroxylation sites is 1. The number of H-pyrrole nitrogens is 1. The molecule has 1 saturated heterocycles. The van der Waals surface area contributed by atoms with Crippen molar-refractivity contribution < 1.29 is 17.9 Å². The van der Waals surface area contributed by atoms with E-state index in [1.165, 1.54) is 16.4 Å². The van der Waals surface area contributed by atoms with Crippen LogP contribution in [0.3, 0.4) is 0 Å². The van der Waals surface area contributed by atoms with E-state index >= 15 is 0 Å². The van der Waals surface area contributed by atoms with E-state index in [0.29, 0.717) is 48.6 Å². The van der Waals surface area contributed by atoms with Gasteiger partial charge < -0.3 is 19.9 Å². The first-order valence-electron chi connectivity index (χ1n) is 11.3. The van der Waals surface area contributed by atoms with Gasteiger partial charge in [0.25, 0.3) is 5.91 Å². The van der Waals surface area contributed by atoms with Gasteiger partial charge in [-0.2, -0.15) is 4.31 Å². The monoisotopic (exact) mass is 484 g/mol. The molecule has 2 aromatic carbocycles. The summed E-state index contributed by atoms with van der Waals surface area (Å²) >= 11 is 0. The molecule has 1 fully saturated rings. The standard InChI is InChI=1S/C24H28N4O5S/c1-3-27(4-2)22-10-9-17(34(31,32)28-11-13-33-14-12-28)15-21(22)26-24(30)19-16-23(29)25-20-8-6-5-7-18(19)20/h5-10,15-16H,3-4,11-14H2,1-2H3,(H,25,29)(H,26,30). The van der Waals surface area contributed by atoms with Gasteiger partial charge in [-0.05, 0) is 38.1 Å². The first-order chi connectivity index (χ1) is 16.3. The van der Waals surface area contributed by atoms with E-state index in [4.69, 9.17) is 4.74 Å². The summed E-state index contributed by atoms with van der Waals surface area (Å²) in [5.74, 6) is -0.489. The van der Waals surface area contributed by atoms with Gasteiger partial charge in [0.05, 0.1) is 35.0 Å². The number of fused-ring (bicyclic) bond motifs is 1. The van der Waals surface area contributed by atoms with E-state index in [9.17, 15) is 18.0 Å². The lowest BCUT2D eigenvalue weighted by Gasteiger charge is -2.28. The minimum atomic E-state index is -3.75. The second-order valence-corrected chi connectivity index (χ2v) is 9.85. The number of sulfonamides is 1. The highest BCUT2D eigenvalue weighted by atomic mass is 32.2. The van der Waals surface area contributed by atoms with Gasteiger partial charge in [0.2, 0.25) is 15.6 Å². The van der Waals surface area contributed by atoms with E-state index in [2.05, 4.69) is 10.3 Å². The van der Waals surface area contributed by atoms with Gasteiger partial charge >= 0.3 is 0 Å². The Bertz CT molecular complexity index is 1360. The quantitative estimate of drug-likeness (QED) is 0.533. The molecule has 9 nitrogen and oxygen atoms in total. The number of amides is 1. The van der Waals surface area contributed by atoms with Crippen LogP contribution in [0.25, 0.3) is 10.9 Å². The van der Waals surface area contributed by atoms with E-state index in [1.54, 1.807) is 36.4 Å². The molecule has 0 radical (unpaired) electrons. The minimum Gasteiger partial charge on any atom is -0.379 e. The fraction of sp³-hybridized carbons (Fsp3) is 0.333. The van der Waals surface area contributed by atoms with E-state index in [-0.39, 0.29) is 23.5 Å². The largest absolute Gasteiger partial charge is 0.379 e. The Morgan fingerprint density at radius 1 is 1.09 bits per heavy atom. The molecule has 1 aromatic heterocycles. The molecule has 3 aromatic rings. The highest BCUT2D eigenvalue weighted by Crippen LogP contribution is 2.31. The molecule has 0 spiro atoms. The van der Waals surface area contributed by atoms with Crippen molar-refractivity contribution >= 4 is 38.2 Å². The Balaban J connectivity index is 1.77. The molecule has 34 heavy (non-hydrogen) atoms. The van der Waals surface area contributed by atoms with Crippen LogP contribution >= 0.6 is 0 Å². The number of hydrogen-bond acceptors (Lipinski definition) is 6. The van der Waals surface area contributed by atoms with Gasteiger partial charge in [0, 0.05) is 43.1 Å². The number of nitrogens with one attached hydrogen (secondary N) is 2. The van der Waals surface area contributed by atoms with Crippen LogP contribution in [-0.2, 0) is 14.8 Å². The molecule has 1 amide bonds. The first-order valence-corrected chi connectivity index (χ1v) is 12.7. The minimum absolute atomic E-state index is 0.0939. The third-order valence-corrected chi connectivity index (χ3v) is 7.82. The number of ether oxygens (including phenoxy) is 1. The normalized spacial score (nSPS) is 14.8. The lowest BCUT2D eigenvalue weighted by molar-refractivity contribution is 0.0730. The Labute approximate surface area is 198 Å². The first kappa shape index (κ1) is 23.9. The van der Waals surface area contributed by atoms with Crippen LogP contribution in [0.1, 0.15) is 24.2 Å². The Morgan fingerprint density at radius 2 is 1.79 bits per heavy atom. The number of rotatable bonds is 7. The molecule has 2 heterocycles. The van der Waals surface area contributed by atoms with Crippen LogP contribution in [0.5, 0.6) is 0 Å². The Hall–Kier alpha value is -3.21. The molecule has 2 N–H and O–H groups in total. The van der Waals surface area contributed by atoms with Crippen molar-refractivity contribution in [2.45, 2.75) is 18.7 Å². The fourth-order valence-corrected chi connectivity index (χ4v) is 5.57. The summed E-state index contributed by atoms with van der Waals surface area (Å²) in [7, 11) is -3.75. The molecule has 0 aliphatic carbocycles. The maximum Gasteiger partial charge on any atom is 0.256 e. The zero-order valence-corrected chi connectivity index (χ0v) is 20.0. The van der Waals surface area contributed by atoms with Crippen LogP contribution in [0, 0.1) is 0 Å². The average molecular weight is 485 g/mol. The molecule has 0 atom stereocenters. The van der Waals surface area contributed by atoms with Crippen LogP contribution in [0.4, 0.5) is 11.4 Å². The summed E-state index contributed by atoms with van der Waals surface area (Å²) in [4.78, 5) is 30.3. The molecular weight excluding hydrogens is 456 g/mol. The number of carbonyl (C=O) groups is 1. The molecule has 0 unspecified atom stereocenters. The molecule has 4 rings (SSSR count). The number of benzene rings is 2. The van der Waals surface area contributed by atoms with Crippen molar-refractivity contribution in [3.05, 3.63) is 64.4 Å². The topological polar surface area (TPSA) is 112 Å². The SMILES string of the molecule is CCN(CC)c1ccc(S(=O)(=O)N2CCOCC2)cc1NC(=O)c1cc(=O)[nH]c2ccccc12. The summed E-state index contributed by atoms with van der Waals surface area (Å²) in [5.41, 5.74) is 1.44. The molecule has 180 valence electrons. The zero-order valence-electron chi connectivity index (χ0n) is 19.2. The van der Waals surface area contributed by atoms with Gasteiger partial charge in [-0.25, -0.2) is 8.42 Å². The molecule has 10 heteroatoms. The van der Waals surface area contributed by atoms with E-state index in [1.807, 2.05) is 18.7 Å². The molecule has 1 aliphatic heterocycles. The maximum absolute atomic E-state index is 13.3. The highest BCUT2D eigenvalue weighted by Gasteiger charge is 2.28. The predicted molar refractivity (Wildman–Crippen MR) is 132 cm³/mol. The summed E-state index contributed by atoms with van der Waals surface area (Å²) in [6, 6.07) is 13.1. The Kier molecular flexibility index (Phi) is 7.01. The average Bonchev–Trinajstić information content (AvgIpc) is 2.85. The predicted octanol–water partition coefficient (Wildman–Crippen LogP) is 2.65. The second-order valence-electron chi connectivity index (χ2n) is 7.91. The fourth-order valence-electron chi connectivity index (χ4n) is 4.13. The van der Waals surface area contributed by atoms with Crippen LogP contribution in [-0.4, -0.2) is 63.0 Å². The van der Waals surface area contributed by atoms with Gasteiger partial charge in [0.15, 0.2) is 0 Å². The third kappa shape index (κ3) is 4.70. The summed E-state index contributed by atoms with van der Waals surface area (Å²) in [5, 5.41) is 3.47. The molecular formula is C24H28N4O5S. The highest BCUT2D eigenvalue weighted by molar-refractivity contribution is 7.89. The number of aromatic amines is 1. The zero-order chi connectivity index (χ0) is 24.3.